The average molecular weight is 424 g/mol. The molecule has 2 atom stereocenters. The van der Waals surface area contributed by atoms with Crippen molar-refractivity contribution >= 4 is 0 Å². The fourth-order valence-electron chi connectivity index (χ4n) is 4.93. The Morgan fingerprint density at radius 3 is 2.43 bits per heavy atom. The molecule has 0 unspecified atom stereocenters. The number of aliphatic hydroxyl groups is 3. The van der Waals surface area contributed by atoms with E-state index < -0.39 is 17.3 Å². The Kier molecular flexibility index (Phi) is 6.83. The van der Waals surface area contributed by atoms with E-state index in [2.05, 4.69) is 20.8 Å². The number of likely N-dealkylation sites (tertiary alicyclic amines) is 1. The van der Waals surface area contributed by atoms with Crippen LogP contribution in [0.2, 0.25) is 0 Å². The van der Waals surface area contributed by atoms with Crippen molar-refractivity contribution in [1.29, 1.82) is 0 Å². The molecule has 6 heteroatoms. The number of halogens is 1. The fourth-order valence-corrected chi connectivity index (χ4v) is 4.93. The number of benzene rings is 1. The van der Waals surface area contributed by atoms with Gasteiger partial charge in [-0.05, 0) is 74.1 Å². The summed E-state index contributed by atoms with van der Waals surface area (Å²) in [6.45, 7) is 9.71. The standard InChI is InChI=1S/C24H38FNO4/c1-17-13-19(5-6-20(17)25)30-16-24(29)15-26(12-9-21(24)27)14-23(28)10-7-18(8-11-23)22(2,3)4/h5-6,13,18,21,27-29H,7-12,14-16H2,1-4H3/t18?,21-,23?,24-/m0/s1. The normalized spacial score (nSPS) is 33.5. The molecule has 3 N–H and O–H groups in total. The van der Waals surface area contributed by atoms with Crippen LogP contribution in [-0.2, 0) is 0 Å². The van der Waals surface area contributed by atoms with Gasteiger partial charge in [-0.1, -0.05) is 20.8 Å². The highest BCUT2D eigenvalue weighted by Gasteiger charge is 2.45. The van der Waals surface area contributed by atoms with E-state index in [0.29, 0.717) is 36.7 Å². The van der Waals surface area contributed by atoms with Crippen LogP contribution in [0.15, 0.2) is 18.2 Å². The predicted molar refractivity (Wildman–Crippen MR) is 115 cm³/mol. The molecule has 0 radical (unpaired) electrons. The van der Waals surface area contributed by atoms with Gasteiger partial charge in [0.1, 0.15) is 23.8 Å². The number of ether oxygens (including phenoxy) is 1. The molecule has 1 aliphatic carbocycles. The van der Waals surface area contributed by atoms with E-state index >= 15 is 0 Å². The molecule has 2 aliphatic rings. The first-order chi connectivity index (χ1) is 13.9. The minimum Gasteiger partial charge on any atom is -0.490 e. The van der Waals surface area contributed by atoms with Crippen LogP contribution in [0.5, 0.6) is 5.75 Å². The van der Waals surface area contributed by atoms with Crippen LogP contribution in [0.4, 0.5) is 4.39 Å². The van der Waals surface area contributed by atoms with Gasteiger partial charge in [-0.25, -0.2) is 4.39 Å². The molecule has 1 aromatic carbocycles. The average Bonchev–Trinajstić information content (AvgIpc) is 2.65. The summed E-state index contributed by atoms with van der Waals surface area (Å²) in [5, 5.41) is 32.7. The molecule has 0 aromatic heterocycles. The number of nitrogens with zero attached hydrogens (tertiary/aromatic N) is 1. The molecule has 2 fully saturated rings. The van der Waals surface area contributed by atoms with Crippen molar-refractivity contribution in [3.05, 3.63) is 29.6 Å². The molecule has 0 bridgehead atoms. The van der Waals surface area contributed by atoms with Gasteiger partial charge in [0.25, 0.3) is 0 Å². The topological polar surface area (TPSA) is 73.2 Å². The van der Waals surface area contributed by atoms with Crippen molar-refractivity contribution < 1.29 is 24.4 Å². The smallest absolute Gasteiger partial charge is 0.137 e. The Balaban J connectivity index is 1.58. The van der Waals surface area contributed by atoms with Crippen molar-refractivity contribution in [2.45, 2.75) is 77.1 Å². The molecule has 3 rings (SSSR count). The summed E-state index contributed by atoms with van der Waals surface area (Å²) in [6, 6.07) is 4.44. The first-order valence-corrected chi connectivity index (χ1v) is 11.1. The number of β-amino-alcohol motifs (C(OH)–C–C–N with tert-alkyl or cyclic N) is 2. The van der Waals surface area contributed by atoms with Gasteiger partial charge in [0.15, 0.2) is 0 Å². The van der Waals surface area contributed by atoms with Crippen LogP contribution in [0.3, 0.4) is 0 Å². The lowest BCUT2D eigenvalue weighted by Crippen LogP contribution is -2.62. The lowest BCUT2D eigenvalue weighted by molar-refractivity contribution is -0.151. The van der Waals surface area contributed by atoms with Gasteiger partial charge in [-0.15, -0.1) is 0 Å². The van der Waals surface area contributed by atoms with Gasteiger partial charge in [0, 0.05) is 19.6 Å². The SMILES string of the molecule is Cc1cc(OC[C@@]2(O)CN(CC3(O)CCC(C(C)(C)C)CC3)CC[C@@H]2O)ccc1F. The van der Waals surface area contributed by atoms with E-state index in [1.54, 1.807) is 13.0 Å². The highest BCUT2D eigenvalue weighted by Crippen LogP contribution is 2.42. The summed E-state index contributed by atoms with van der Waals surface area (Å²) in [5.74, 6) is 0.774. The molecule has 0 amide bonds. The van der Waals surface area contributed by atoms with Crippen LogP contribution in [-0.4, -0.2) is 63.8 Å². The Morgan fingerprint density at radius 2 is 1.83 bits per heavy atom. The van der Waals surface area contributed by atoms with Gasteiger partial charge in [0.05, 0.1) is 11.7 Å². The highest BCUT2D eigenvalue weighted by atomic mass is 19.1. The van der Waals surface area contributed by atoms with Crippen LogP contribution < -0.4 is 4.74 Å². The van der Waals surface area contributed by atoms with Gasteiger partial charge in [-0.3, -0.25) is 4.90 Å². The molecular weight excluding hydrogens is 385 g/mol. The van der Waals surface area contributed by atoms with E-state index in [1.165, 1.54) is 12.1 Å². The zero-order chi connectivity index (χ0) is 22.2. The molecule has 1 saturated carbocycles. The van der Waals surface area contributed by atoms with Crippen molar-refractivity contribution in [2.24, 2.45) is 11.3 Å². The van der Waals surface area contributed by atoms with Gasteiger partial charge in [-0.2, -0.15) is 0 Å². The molecule has 1 heterocycles. The summed E-state index contributed by atoms with van der Waals surface area (Å²) in [4.78, 5) is 2.05. The van der Waals surface area contributed by atoms with E-state index in [0.717, 1.165) is 25.7 Å². The fraction of sp³-hybridized carbons (Fsp3) is 0.750. The second kappa shape index (κ2) is 8.73. The third kappa shape index (κ3) is 5.52. The number of hydrogen-bond acceptors (Lipinski definition) is 5. The molecular formula is C24H38FNO4. The monoisotopic (exact) mass is 423 g/mol. The largest absolute Gasteiger partial charge is 0.490 e. The Hall–Kier alpha value is -1.21. The lowest BCUT2D eigenvalue weighted by Gasteiger charge is -2.47. The third-order valence-electron chi connectivity index (χ3n) is 7.11. The maximum atomic E-state index is 13.5. The maximum absolute atomic E-state index is 13.5. The van der Waals surface area contributed by atoms with E-state index in [4.69, 9.17) is 4.74 Å². The molecule has 5 nitrogen and oxygen atoms in total. The van der Waals surface area contributed by atoms with Gasteiger partial charge >= 0.3 is 0 Å². The number of piperidine rings is 1. The van der Waals surface area contributed by atoms with Crippen molar-refractivity contribution in [2.75, 3.05) is 26.2 Å². The Morgan fingerprint density at radius 1 is 1.17 bits per heavy atom. The van der Waals surface area contributed by atoms with Crippen LogP contribution in [0.25, 0.3) is 0 Å². The number of aliphatic hydroxyl groups excluding tert-OH is 1. The van der Waals surface area contributed by atoms with Gasteiger partial charge in [0.2, 0.25) is 0 Å². The first kappa shape index (κ1) is 23.5. The first-order valence-electron chi connectivity index (χ1n) is 11.1. The van der Waals surface area contributed by atoms with Crippen LogP contribution in [0.1, 0.15) is 58.4 Å². The molecule has 30 heavy (non-hydrogen) atoms. The molecule has 1 aromatic rings. The van der Waals surface area contributed by atoms with E-state index in [-0.39, 0.29) is 24.4 Å². The summed E-state index contributed by atoms with van der Waals surface area (Å²) >= 11 is 0. The zero-order valence-corrected chi connectivity index (χ0v) is 18.8. The summed E-state index contributed by atoms with van der Waals surface area (Å²) in [7, 11) is 0. The summed E-state index contributed by atoms with van der Waals surface area (Å²) < 4.78 is 19.2. The minimum absolute atomic E-state index is 0.0831. The van der Waals surface area contributed by atoms with Crippen LogP contribution in [0, 0.1) is 24.1 Å². The minimum atomic E-state index is -1.43. The maximum Gasteiger partial charge on any atom is 0.137 e. The molecule has 0 spiro atoms. The van der Waals surface area contributed by atoms with Crippen molar-refractivity contribution in [3.63, 3.8) is 0 Å². The van der Waals surface area contributed by atoms with E-state index in [1.807, 2.05) is 4.90 Å². The quantitative estimate of drug-likeness (QED) is 0.678. The Labute approximate surface area is 179 Å². The highest BCUT2D eigenvalue weighted by molar-refractivity contribution is 5.29. The zero-order valence-electron chi connectivity index (χ0n) is 18.8. The second-order valence-electron chi connectivity index (χ2n) is 10.7. The lowest BCUT2D eigenvalue weighted by atomic mass is 9.68. The predicted octanol–water partition coefficient (Wildman–Crippen LogP) is 3.28. The third-order valence-corrected chi connectivity index (χ3v) is 7.11. The van der Waals surface area contributed by atoms with Gasteiger partial charge < -0.3 is 20.1 Å². The summed E-state index contributed by atoms with van der Waals surface area (Å²) in [6.07, 6.45) is 3.06. The number of aryl methyl sites for hydroxylation is 1. The molecule has 1 saturated heterocycles. The van der Waals surface area contributed by atoms with E-state index in [9.17, 15) is 19.7 Å². The Bertz CT molecular complexity index is 726. The molecule has 170 valence electrons. The second-order valence-corrected chi connectivity index (χ2v) is 10.7. The summed E-state index contributed by atoms with van der Waals surface area (Å²) in [5.41, 5.74) is -1.45. The number of hydrogen-bond donors (Lipinski definition) is 3. The van der Waals surface area contributed by atoms with Crippen molar-refractivity contribution in [3.8, 4) is 5.75 Å². The number of rotatable bonds is 5. The van der Waals surface area contributed by atoms with Crippen LogP contribution >= 0.6 is 0 Å². The van der Waals surface area contributed by atoms with Crippen molar-refractivity contribution in [1.82, 2.24) is 4.90 Å². The molecule has 1 aliphatic heterocycles.